The Morgan fingerprint density at radius 2 is 1.81 bits per heavy atom. The average molecular weight is 431 g/mol. The molecule has 4 rings (SSSR count). The van der Waals surface area contributed by atoms with Gasteiger partial charge in [0.05, 0.1) is 5.56 Å². The van der Waals surface area contributed by atoms with E-state index in [1.807, 2.05) is 12.1 Å². The molecule has 2 aromatic carbocycles. The number of carbonyl (C=O) groups is 1. The molecule has 2 amide bonds. The largest absolute Gasteiger partial charge is 0.416 e. The van der Waals surface area contributed by atoms with Crippen LogP contribution in [0, 0.1) is 0 Å². The van der Waals surface area contributed by atoms with E-state index in [9.17, 15) is 18.0 Å². The molecule has 3 aromatic rings. The summed E-state index contributed by atoms with van der Waals surface area (Å²) >= 11 is 0. The zero-order chi connectivity index (χ0) is 21.8. The predicted molar refractivity (Wildman–Crippen MR) is 114 cm³/mol. The van der Waals surface area contributed by atoms with E-state index in [-0.39, 0.29) is 5.69 Å². The molecule has 0 radical (unpaired) electrons. The quantitative estimate of drug-likeness (QED) is 0.570. The Morgan fingerprint density at radius 1 is 1.03 bits per heavy atom. The minimum Gasteiger partial charge on any atom is -0.361 e. The van der Waals surface area contributed by atoms with Crippen molar-refractivity contribution < 1.29 is 18.0 Å². The van der Waals surface area contributed by atoms with Gasteiger partial charge in [0.2, 0.25) is 0 Å². The molecule has 0 bridgehead atoms. The number of halogens is 3. The van der Waals surface area contributed by atoms with Crippen LogP contribution in [0.1, 0.15) is 11.1 Å². The molecule has 1 aromatic heterocycles. The van der Waals surface area contributed by atoms with Gasteiger partial charge >= 0.3 is 12.2 Å². The molecule has 0 aliphatic carbocycles. The maximum Gasteiger partial charge on any atom is 0.416 e. The average Bonchev–Trinajstić information content (AvgIpc) is 3.16. The fourth-order valence-electron chi connectivity index (χ4n) is 3.78. The summed E-state index contributed by atoms with van der Waals surface area (Å²) in [6.45, 7) is 3.80. The smallest absolute Gasteiger partial charge is 0.361 e. The topological polar surface area (TPSA) is 63.4 Å². The highest BCUT2D eigenvalue weighted by atomic mass is 19.4. The number of amides is 2. The van der Waals surface area contributed by atoms with Gasteiger partial charge in [0, 0.05) is 55.5 Å². The fraction of sp³-hybridized carbons (Fsp3) is 0.318. The SMILES string of the molecule is O=C(Nc1cccc(C(F)(F)F)c1)NN1CCN(CCc2c[nH]c3ccccc23)CC1. The summed E-state index contributed by atoms with van der Waals surface area (Å²) in [5.74, 6) is 0. The van der Waals surface area contributed by atoms with Crippen molar-refractivity contribution in [3.63, 3.8) is 0 Å². The van der Waals surface area contributed by atoms with Crippen molar-refractivity contribution in [3.05, 3.63) is 65.9 Å². The highest BCUT2D eigenvalue weighted by Gasteiger charge is 2.30. The van der Waals surface area contributed by atoms with Gasteiger partial charge in [-0.1, -0.05) is 24.3 Å². The molecule has 3 N–H and O–H groups in total. The molecule has 31 heavy (non-hydrogen) atoms. The molecule has 0 saturated carbocycles. The first-order chi connectivity index (χ1) is 14.9. The lowest BCUT2D eigenvalue weighted by molar-refractivity contribution is -0.137. The van der Waals surface area contributed by atoms with E-state index in [4.69, 9.17) is 0 Å². The Hall–Kier alpha value is -3.04. The summed E-state index contributed by atoms with van der Waals surface area (Å²) in [6, 6.07) is 12.3. The summed E-state index contributed by atoms with van der Waals surface area (Å²) in [5, 5.41) is 5.49. The van der Waals surface area contributed by atoms with Crippen molar-refractivity contribution >= 4 is 22.6 Å². The molecule has 1 aliphatic heterocycles. The van der Waals surface area contributed by atoms with Gasteiger partial charge in [-0.3, -0.25) is 5.43 Å². The Morgan fingerprint density at radius 3 is 2.58 bits per heavy atom. The van der Waals surface area contributed by atoms with Crippen LogP contribution in [0.5, 0.6) is 0 Å². The molecule has 1 saturated heterocycles. The van der Waals surface area contributed by atoms with Crippen LogP contribution in [0.3, 0.4) is 0 Å². The number of hydrogen-bond acceptors (Lipinski definition) is 3. The van der Waals surface area contributed by atoms with Gasteiger partial charge in [-0.15, -0.1) is 0 Å². The zero-order valence-electron chi connectivity index (χ0n) is 16.9. The summed E-state index contributed by atoms with van der Waals surface area (Å²) in [4.78, 5) is 17.8. The predicted octanol–water partition coefficient (Wildman–Crippen LogP) is 4.08. The number of hydrogen-bond donors (Lipinski definition) is 3. The third-order valence-corrected chi connectivity index (χ3v) is 5.45. The molecule has 1 aliphatic rings. The summed E-state index contributed by atoms with van der Waals surface area (Å²) in [5.41, 5.74) is 4.44. The first kappa shape index (κ1) is 21.2. The van der Waals surface area contributed by atoms with Crippen LogP contribution in [0.4, 0.5) is 23.7 Å². The van der Waals surface area contributed by atoms with Crippen molar-refractivity contribution in [2.45, 2.75) is 12.6 Å². The second-order valence-corrected chi connectivity index (χ2v) is 7.58. The van der Waals surface area contributed by atoms with Crippen molar-refractivity contribution in [2.75, 3.05) is 38.0 Å². The van der Waals surface area contributed by atoms with Gasteiger partial charge < -0.3 is 15.2 Å². The number of carbonyl (C=O) groups excluding carboxylic acids is 1. The van der Waals surface area contributed by atoms with E-state index in [0.717, 1.165) is 43.7 Å². The Balaban J connectivity index is 1.22. The van der Waals surface area contributed by atoms with Gasteiger partial charge in [0.25, 0.3) is 0 Å². The van der Waals surface area contributed by atoms with Crippen LogP contribution in [0.2, 0.25) is 0 Å². The van der Waals surface area contributed by atoms with E-state index < -0.39 is 17.8 Å². The van der Waals surface area contributed by atoms with E-state index in [2.05, 4.69) is 39.0 Å². The first-order valence-corrected chi connectivity index (χ1v) is 10.2. The number of para-hydroxylation sites is 1. The fourth-order valence-corrected chi connectivity index (χ4v) is 3.78. The number of nitrogens with one attached hydrogen (secondary N) is 3. The molecule has 9 heteroatoms. The molecule has 6 nitrogen and oxygen atoms in total. The number of aromatic amines is 1. The number of rotatable bonds is 5. The zero-order valence-corrected chi connectivity index (χ0v) is 16.9. The molecular weight excluding hydrogens is 407 g/mol. The van der Waals surface area contributed by atoms with Crippen LogP contribution in [0.15, 0.2) is 54.7 Å². The maximum atomic E-state index is 12.8. The second kappa shape index (κ2) is 8.99. The highest BCUT2D eigenvalue weighted by molar-refractivity contribution is 5.89. The standard InChI is InChI=1S/C22H24F3N5O/c23-22(24,25)17-4-3-5-18(14-17)27-21(31)28-30-12-10-29(11-13-30)9-8-16-15-26-20-7-2-1-6-19(16)20/h1-7,14-15,26H,8-13H2,(H2,27,28,31). The highest BCUT2D eigenvalue weighted by Crippen LogP contribution is 2.30. The molecular formula is C22H24F3N5O. The van der Waals surface area contributed by atoms with E-state index in [1.165, 1.54) is 23.1 Å². The number of hydrazine groups is 1. The Labute approximate surface area is 178 Å². The number of aromatic nitrogens is 1. The lowest BCUT2D eigenvalue weighted by Crippen LogP contribution is -2.54. The second-order valence-electron chi connectivity index (χ2n) is 7.58. The summed E-state index contributed by atoms with van der Waals surface area (Å²) < 4.78 is 38.4. The third-order valence-electron chi connectivity index (χ3n) is 5.45. The van der Waals surface area contributed by atoms with Crippen molar-refractivity contribution in [3.8, 4) is 0 Å². The number of nitrogens with zero attached hydrogens (tertiary/aromatic N) is 2. The lowest BCUT2D eigenvalue weighted by Gasteiger charge is -2.34. The number of anilines is 1. The van der Waals surface area contributed by atoms with E-state index in [0.29, 0.717) is 13.1 Å². The van der Waals surface area contributed by atoms with Gasteiger partial charge in [0.15, 0.2) is 0 Å². The third kappa shape index (κ3) is 5.36. The van der Waals surface area contributed by atoms with E-state index >= 15 is 0 Å². The molecule has 1 fully saturated rings. The van der Waals surface area contributed by atoms with Crippen LogP contribution in [0.25, 0.3) is 10.9 Å². The van der Waals surface area contributed by atoms with Crippen LogP contribution in [-0.2, 0) is 12.6 Å². The van der Waals surface area contributed by atoms with Crippen molar-refractivity contribution in [1.82, 2.24) is 20.3 Å². The molecule has 2 heterocycles. The number of alkyl halides is 3. The van der Waals surface area contributed by atoms with Gasteiger partial charge in [-0.25, -0.2) is 9.80 Å². The molecule has 0 unspecified atom stereocenters. The minimum absolute atomic E-state index is 0.102. The van der Waals surface area contributed by atoms with Crippen LogP contribution >= 0.6 is 0 Å². The normalized spacial score (nSPS) is 15.8. The molecule has 164 valence electrons. The van der Waals surface area contributed by atoms with Gasteiger partial charge in [-0.05, 0) is 36.2 Å². The molecule has 0 spiro atoms. The monoisotopic (exact) mass is 431 g/mol. The molecule has 0 atom stereocenters. The lowest BCUT2D eigenvalue weighted by atomic mass is 10.1. The number of urea groups is 1. The van der Waals surface area contributed by atoms with Gasteiger partial charge in [0.1, 0.15) is 0 Å². The van der Waals surface area contributed by atoms with E-state index in [1.54, 1.807) is 5.01 Å². The number of H-pyrrole nitrogens is 1. The Bertz CT molecular complexity index is 1040. The number of benzene rings is 2. The first-order valence-electron chi connectivity index (χ1n) is 10.2. The maximum absolute atomic E-state index is 12.8. The van der Waals surface area contributed by atoms with Crippen LogP contribution < -0.4 is 10.7 Å². The van der Waals surface area contributed by atoms with Gasteiger partial charge in [-0.2, -0.15) is 13.2 Å². The summed E-state index contributed by atoms with van der Waals surface area (Å²) in [7, 11) is 0. The van der Waals surface area contributed by atoms with Crippen molar-refractivity contribution in [1.29, 1.82) is 0 Å². The van der Waals surface area contributed by atoms with Crippen LogP contribution in [-0.4, -0.2) is 53.6 Å². The number of piperazine rings is 1. The summed E-state index contributed by atoms with van der Waals surface area (Å²) in [6.07, 6.45) is -1.45. The minimum atomic E-state index is -4.45. The number of fused-ring (bicyclic) bond motifs is 1. The Kier molecular flexibility index (Phi) is 6.15. The van der Waals surface area contributed by atoms with Crippen molar-refractivity contribution in [2.24, 2.45) is 0 Å².